The average molecular weight is 242 g/mol. The van der Waals surface area contributed by atoms with Gasteiger partial charge in [0.15, 0.2) is 0 Å². The molecule has 0 amide bonds. The van der Waals surface area contributed by atoms with Crippen molar-refractivity contribution in [3.05, 3.63) is 35.9 Å². The second-order valence-corrected chi connectivity index (χ2v) is 5.08. The molecule has 1 aliphatic rings. The zero-order valence-corrected chi connectivity index (χ0v) is 9.52. The number of piperazine rings is 1. The van der Waals surface area contributed by atoms with Crippen molar-refractivity contribution in [2.24, 2.45) is 0 Å². The smallest absolute Gasteiger partial charge is 0.313 e. The van der Waals surface area contributed by atoms with Crippen LogP contribution in [0.3, 0.4) is 0 Å². The zero-order chi connectivity index (χ0) is 11.6. The van der Waals surface area contributed by atoms with Crippen LogP contribution in [0.4, 0.5) is 0 Å². The summed E-state index contributed by atoms with van der Waals surface area (Å²) in [6.45, 7) is 1.37. The van der Waals surface area contributed by atoms with Gasteiger partial charge in [-0.25, -0.2) is 0 Å². The molecule has 1 unspecified atom stereocenters. The van der Waals surface area contributed by atoms with Gasteiger partial charge in [-0.1, -0.05) is 30.3 Å². The van der Waals surface area contributed by atoms with Crippen molar-refractivity contribution in [2.45, 2.75) is 6.04 Å². The molecule has 16 heavy (non-hydrogen) atoms. The number of nitrogens with one attached hydrogen (secondary N) is 1. The molecule has 2 rings (SSSR count). The third kappa shape index (κ3) is 2.41. The minimum absolute atomic E-state index is 0.290. The molecule has 0 radical (unpaired) electrons. The zero-order valence-electron chi connectivity index (χ0n) is 8.70. The first kappa shape index (κ1) is 11.5. The summed E-state index contributed by atoms with van der Waals surface area (Å²) in [5.74, 6) is 0. The van der Waals surface area contributed by atoms with E-state index in [0.717, 1.165) is 9.87 Å². The Morgan fingerprint density at radius 1 is 1.31 bits per heavy atom. The molecule has 6 heteroatoms. The topological polar surface area (TPSA) is 69.6 Å². The van der Waals surface area contributed by atoms with Crippen LogP contribution in [0.1, 0.15) is 11.6 Å². The highest BCUT2D eigenvalue weighted by Crippen LogP contribution is 2.23. The van der Waals surface area contributed by atoms with E-state index in [2.05, 4.69) is 5.32 Å². The first-order chi connectivity index (χ1) is 7.59. The monoisotopic (exact) mass is 242 g/mol. The highest BCUT2D eigenvalue weighted by Gasteiger charge is 2.31. The number of hydrogen-bond acceptors (Lipinski definition) is 3. The molecule has 1 fully saturated rings. The fourth-order valence-electron chi connectivity index (χ4n) is 1.92. The number of nitrogens with zero attached hydrogens (tertiary/aromatic N) is 1. The summed E-state index contributed by atoms with van der Waals surface area (Å²) in [6, 6.07) is 8.96. The molecule has 5 nitrogen and oxygen atoms in total. The highest BCUT2D eigenvalue weighted by molar-refractivity contribution is 7.83. The molecule has 0 bridgehead atoms. The Hall–Kier alpha value is -0.950. The predicted molar refractivity (Wildman–Crippen MR) is 60.3 cm³/mol. The van der Waals surface area contributed by atoms with E-state index in [1.165, 1.54) is 0 Å². The first-order valence-corrected chi connectivity index (χ1v) is 6.48. The van der Waals surface area contributed by atoms with E-state index >= 15 is 0 Å². The van der Waals surface area contributed by atoms with Gasteiger partial charge in [-0.3, -0.25) is 4.55 Å². The van der Waals surface area contributed by atoms with Gasteiger partial charge in [-0.2, -0.15) is 12.7 Å². The molecule has 0 saturated carbocycles. The molecule has 0 spiro atoms. The molecule has 1 saturated heterocycles. The normalized spacial score (nSPS) is 23.2. The standard InChI is InChI=1S/C10H14N2O3S/c13-16(14,15)12-7-6-11-8-10(12)9-4-2-1-3-5-9/h1-5,10-11H,6-8H2,(H,13,14,15). The quantitative estimate of drug-likeness (QED) is 0.738. The Bertz CT molecular complexity index is 446. The van der Waals surface area contributed by atoms with E-state index in [-0.39, 0.29) is 6.04 Å². The number of hydrogen-bond donors (Lipinski definition) is 2. The van der Waals surface area contributed by atoms with Crippen molar-refractivity contribution in [1.29, 1.82) is 0 Å². The van der Waals surface area contributed by atoms with Crippen LogP contribution < -0.4 is 5.32 Å². The van der Waals surface area contributed by atoms with Crippen LogP contribution >= 0.6 is 0 Å². The van der Waals surface area contributed by atoms with Crippen molar-refractivity contribution < 1.29 is 13.0 Å². The van der Waals surface area contributed by atoms with Crippen molar-refractivity contribution in [2.75, 3.05) is 19.6 Å². The lowest BCUT2D eigenvalue weighted by Crippen LogP contribution is -2.48. The minimum atomic E-state index is -4.13. The van der Waals surface area contributed by atoms with Gasteiger partial charge in [0.05, 0.1) is 6.04 Å². The summed E-state index contributed by atoms with van der Waals surface area (Å²) >= 11 is 0. The molecule has 1 aliphatic heterocycles. The molecule has 88 valence electrons. The van der Waals surface area contributed by atoms with Crippen LogP contribution in [0.2, 0.25) is 0 Å². The van der Waals surface area contributed by atoms with Gasteiger partial charge in [0.25, 0.3) is 0 Å². The summed E-state index contributed by atoms with van der Waals surface area (Å²) < 4.78 is 32.7. The van der Waals surface area contributed by atoms with E-state index in [1.54, 1.807) is 0 Å². The van der Waals surface area contributed by atoms with Crippen molar-refractivity contribution in [3.63, 3.8) is 0 Å². The lowest BCUT2D eigenvalue weighted by atomic mass is 10.1. The minimum Gasteiger partial charge on any atom is -0.313 e. The lowest BCUT2D eigenvalue weighted by Gasteiger charge is -2.33. The fraction of sp³-hybridized carbons (Fsp3) is 0.400. The molecule has 1 heterocycles. The Kier molecular flexibility index (Phi) is 3.25. The molecule has 1 aromatic rings. The van der Waals surface area contributed by atoms with Gasteiger partial charge in [-0.05, 0) is 5.56 Å². The van der Waals surface area contributed by atoms with Gasteiger partial charge in [0.1, 0.15) is 0 Å². The maximum absolute atomic E-state index is 11.2. The molecular formula is C10H14N2O3S. The van der Waals surface area contributed by atoms with Crippen LogP contribution in [-0.2, 0) is 10.3 Å². The summed E-state index contributed by atoms with van der Waals surface area (Å²) in [6.07, 6.45) is 0. The van der Waals surface area contributed by atoms with Crippen LogP contribution in [0, 0.1) is 0 Å². The van der Waals surface area contributed by atoms with Crippen LogP contribution in [0.5, 0.6) is 0 Å². The molecule has 0 aliphatic carbocycles. The summed E-state index contributed by atoms with van der Waals surface area (Å²) in [5, 5.41) is 3.12. The third-order valence-electron chi connectivity index (χ3n) is 2.67. The van der Waals surface area contributed by atoms with Crippen molar-refractivity contribution in [1.82, 2.24) is 9.62 Å². The summed E-state index contributed by atoms with van der Waals surface area (Å²) in [4.78, 5) is 0. The van der Waals surface area contributed by atoms with Gasteiger partial charge in [0, 0.05) is 19.6 Å². The fourth-order valence-corrected chi connectivity index (χ4v) is 2.76. The van der Waals surface area contributed by atoms with E-state index < -0.39 is 10.3 Å². The van der Waals surface area contributed by atoms with Crippen LogP contribution in [0.15, 0.2) is 30.3 Å². The maximum atomic E-state index is 11.2. The highest BCUT2D eigenvalue weighted by atomic mass is 32.2. The van der Waals surface area contributed by atoms with Gasteiger partial charge >= 0.3 is 10.3 Å². The van der Waals surface area contributed by atoms with E-state index in [1.807, 2.05) is 30.3 Å². The Balaban J connectivity index is 2.31. The molecule has 2 N–H and O–H groups in total. The molecular weight excluding hydrogens is 228 g/mol. The van der Waals surface area contributed by atoms with Crippen molar-refractivity contribution in [3.8, 4) is 0 Å². The summed E-state index contributed by atoms with van der Waals surface area (Å²) in [5.41, 5.74) is 0.882. The third-order valence-corrected chi connectivity index (χ3v) is 3.70. The SMILES string of the molecule is O=S(=O)(O)N1CCNCC1c1ccccc1. The summed E-state index contributed by atoms with van der Waals surface area (Å²) in [7, 11) is -4.13. The second-order valence-electron chi connectivity index (χ2n) is 3.72. The molecule has 1 aromatic carbocycles. The number of benzene rings is 1. The lowest BCUT2D eigenvalue weighted by molar-refractivity contribution is 0.246. The van der Waals surface area contributed by atoms with Crippen LogP contribution in [0.25, 0.3) is 0 Å². The van der Waals surface area contributed by atoms with E-state index in [4.69, 9.17) is 4.55 Å². The van der Waals surface area contributed by atoms with Gasteiger partial charge in [0.2, 0.25) is 0 Å². The van der Waals surface area contributed by atoms with Gasteiger partial charge in [-0.15, -0.1) is 0 Å². The van der Waals surface area contributed by atoms with E-state index in [0.29, 0.717) is 19.6 Å². The molecule has 1 atom stereocenters. The van der Waals surface area contributed by atoms with Crippen LogP contribution in [-0.4, -0.2) is 36.9 Å². The second kappa shape index (κ2) is 4.50. The Labute approximate surface area is 95.0 Å². The largest absolute Gasteiger partial charge is 0.336 e. The Morgan fingerprint density at radius 3 is 2.62 bits per heavy atom. The van der Waals surface area contributed by atoms with E-state index in [9.17, 15) is 8.42 Å². The number of rotatable bonds is 2. The van der Waals surface area contributed by atoms with Gasteiger partial charge < -0.3 is 5.32 Å². The Morgan fingerprint density at radius 2 is 2.00 bits per heavy atom. The first-order valence-electron chi connectivity index (χ1n) is 5.09. The maximum Gasteiger partial charge on any atom is 0.336 e. The molecule has 0 aromatic heterocycles. The van der Waals surface area contributed by atoms with Crippen molar-refractivity contribution >= 4 is 10.3 Å². The predicted octanol–water partition coefficient (Wildman–Crippen LogP) is 0.436. The average Bonchev–Trinajstić information content (AvgIpc) is 2.29.